The lowest BCUT2D eigenvalue weighted by Gasteiger charge is -2.13. The minimum atomic E-state index is -0.560. The van der Waals surface area contributed by atoms with Crippen molar-refractivity contribution in [1.29, 1.82) is 0 Å². The molecule has 146 valence electrons. The summed E-state index contributed by atoms with van der Waals surface area (Å²) in [6.45, 7) is -0.0486. The maximum atomic E-state index is 12.8. The molecular weight excluding hydrogens is 414 g/mol. The van der Waals surface area contributed by atoms with Crippen molar-refractivity contribution < 1.29 is 18.7 Å². The number of amides is 2. The molecule has 0 spiro atoms. The summed E-state index contributed by atoms with van der Waals surface area (Å²) in [5, 5.41) is 0.634. The minimum Gasteiger partial charge on any atom is -0.497 e. The van der Waals surface area contributed by atoms with Gasteiger partial charge < -0.3 is 9.15 Å². The fraction of sp³-hybridized carbons (Fsp3) is 0.0952. The van der Waals surface area contributed by atoms with E-state index in [4.69, 9.17) is 20.8 Å². The van der Waals surface area contributed by atoms with E-state index in [9.17, 15) is 14.4 Å². The van der Waals surface area contributed by atoms with Crippen LogP contribution in [0.15, 0.2) is 62.6 Å². The van der Waals surface area contributed by atoms with E-state index in [1.165, 1.54) is 6.07 Å². The van der Waals surface area contributed by atoms with Crippen molar-refractivity contribution >= 4 is 51.6 Å². The summed E-state index contributed by atoms with van der Waals surface area (Å²) in [6.07, 6.45) is 1.65. The van der Waals surface area contributed by atoms with E-state index in [2.05, 4.69) is 0 Å². The zero-order valence-electron chi connectivity index (χ0n) is 15.2. The Labute approximate surface area is 174 Å². The largest absolute Gasteiger partial charge is 0.497 e. The Kier molecular flexibility index (Phi) is 5.17. The van der Waals surface area contributed by atoms with E-state index in [0.717, 1.165) is 22.2 Å². The molecule has 1 aromatic heterocycles. The molecule has 1 aliphatic rings. The average molecular weight is 428 g/mol. The Balaban J connectivity index is 1.65. The van der Waals surface area contributed by atoms with Crippen LogP contribution in [0.5, 0.6) is 5.75 Å². The fourth-order valence-corrected chi connectivity index (χ4v) is 4.00. The number of nitrogens with zero attached hydrogens (tertiary/aromatic N) is 1. The molecule has 0 N–H and O–H groups in total. The van der Waals surface area contributed by atoms with Gasteiger partial charge in [0.25, 0.3) is 11.1 Å². The van der Waals surface area contributed by atoms with Crippen molar-refractivity contribution in [1.82, 2.24) is 4.90 Å². The number of carbonyl (C=O) groups is 2. The zero-order chi connectivity index (χ0) is 20.5. The molecule has 0 radical (unpaired) electrons. The number of imide groups is 1. The summed E-state index contributed by atoms with van der Waals surface area (Å²) < 4.78 is 10.3. The quantitative estimate of drug-likeness (QED) is 0.444. The Bertz CT molecular complexity index is 1220. The van der Waals surface area contributed by atoms with Crippen LogP contribution < -0.4 is 10.4 Å². The first-order valence-corrected chi connectivity index (χ1v) is 9.76. The van der Waals surface area contributed by atoms with Crippen LogP contribution in [-0.2, 0) is 11.3 Å². The third kappa shape index (κ3) is 3.92. The van der Waals surface area contributed by atoms with Crippen LogP contribution in [0.3, 0.4) is 0 Å². The molecule has 0 atom stereocenters. The van der Waals surface area contributed by atoms with E-state index in [1.54, 1.807) is 55.7 Å². The van der Waals surface area contributed by atoms with Gasteiger partial charge in [-0.05, 0) is 59.3 Å². The van der Waals surface area contributed by atoms with Crippen LogP contribution in [0.1, 0.15) is 11.1 Å². The van der Waals surface area contributed by atoms with Crippen molar-refractivity contribution in [3.8, 4) is 5.75 Å². The van der Waals surface area contributed by atoms with Crippen molar-refractivity contribution in [2.24, 2.45) is 0 Å². The molecule has 1 saturated heterocycles. The number of hydrogen-bond acceptors (Lipinski definition) is 6. The topological polar surface area (TPSA) is 76.8 Å². The van der Waals surface area contributed by atoms with E-state index < -0.39 is 16.8 Å². The Morgan fingerprint density at radius 1 is 1.10 bits per heavy atom. The molecule has 29 heavy (non-hydrogen) atoms. The Morgan fingerprint density at radius 3 is 2.59 bits per heavy atom. The number of fused-ring (bicyclic) bond motifs is 1. The van der Waals surface area contributed by atoms with Gasteiger partial charge in [0.15, 0.2) is 0 Å². The molecule has 2 aromatic carbocycles. The maximum Gasteiger partial charge on any atom is 0.336 e. The van der Waals surface area contributed by atoms with Gasteiger partial charge in [-0.1, -0.05) is 23.7 Å². The van der Waals surface area contributed by atoms with Crippen molar-refractivity contribution in [2.45, 2.75) is 6.54 Å². The van der Waals surface area contributed by atoms with Crippen molar-refractivity contribution in [3.05, 3.63) is 80.0 Å². The van der Waals surface area contributed by atoms with Gasteiger partial charge in [0, 0.05) is 16.5 Å². The van der Waals surface area contributed by atoms with E-state index in [0.29, 0.717) is 32.2 Å². The molecule has 6 nitrogen and oxygen atoms in total. The van der Waals surface area contributed by atoms with Crippen LogP contribution in [0.25, 0.3) is 17.0 Å². The number of methoxy groups -OCH3 is 1. The second kappa shape index (κ2) is 7.77. The Hall–Kier alpha value is -3.03. The second-order valence-electron chi connectivity index (χ2n) is 6.27. The van der Waals surface area contributed by atoms with Crippen LogP contribution in [0.4, 0.5) is 4.79 Å². The van der Waals surface area contributed by atoms with Gasteiger partial charge >= 0.3 is 5.63 Å². The molecule has 3 aromatic rings. The molecule has 1 aliphatic heterocycles. The number of hydrogen-bond donors (Lipinski definition) is 0. The van der Waals surface area contributed by atoms with Gasteiger partial charge in [0.2, 0.25) is 0 Å². The fourth-order valence-electron chi connectivity index (χ4n) is 2.99. The molecule has 0 aliphatic carbocycles. The minimum absolute atomic E-state index is 0.0486. The summed E-state index contributed by atoms with van der Waals surface area (Å²) in [4.78, 5) is 38.5. The van der Waals surface area contributed by atoms with Gasteiger partial charge in [0.1, 0.15) is 11.3 Å². The second-order valence-corrected chi connectivity index (χ2v) is 7.70. The molecule has 1 fully saturated rings. The van der Waals surface area contributed by atoms with Gasteiger partial charge in [-0.3, -0.25) is 14.5 Å². The number of halogens is 1. The maximum absolute atomic E-state index is 12.8. The summed E-state index contributed by atoms with van der Waals surface area (Å²) in [5.41, 5.74) is 1.05. The lowest BCUT2D eigenvalue weighted by Crippen LogP contribution is -2.28. The number of thioether (sulfide) groups is 1. The van der Waals surface area contributed by atoms with Gasteiger partial charge in [-0.2, -0.15) is 0 Å². The first kappa shape index (κ1) is 19.3. The van der Waals surface area contributed by atoms with Gasteiger partial charge in [-0.15, -0.1) is 0 Å². The van der Waals surface area contributed by atoms with E-state index >= 15 is 0 Å². The standard InChI is InChI=1S/C21H14ClNO5S/c1-27-15-5-2-12(3-6-15)8-18-20(25)23(21(26)29-18)11-13-9-19(24)28-17-7-4-14(22)10-16(13)17/h2-10H,11H2,1H3/b18-8-. The van der Waals surface area contributed by atoms with Crippen LogP contribution in [-0.4, -0.2) is 23.2 Å². The summed E-state index contributed by atoms with van der Waals surface area (Å²) in [7, 11) is 1.57. The highest BCUT2D eigenvalue weighted by Crippen LogP contribution is 2.34. The summed E-state index contributed by atoms with van der Waals surface area (Å²) in [6, 6.07) is 13.2. The zero-order valence-corrected chi connectivity index (χ0v) is 16.8. The first-order chi connectivity index (χ1) is 13.9. The highest BCUT2D eigenvalue weighted by molar-refractivity contribution is 8.18. The number of benzene rings is 2. The molecule has 2 amide bonds. The number of carbonyl (C=O) groups excluding carboxylic acids is 2. The van der Waals surface area contributed by atoms with Crippen molar-refractivity contribution in [3.63, 3.8) is 0 Å². The lowest BCUT2D eigenvalue weighted by atomic mass is 10.1. The monoisotopic (exact) mass is 427 g/mol. The third-order valence-electron chi connectivity index (χ3n) is 4.41. The van der Waals surface area contributed by atoms with Crippen LogP contribution in [0.2, 0.25) is 5.02 Å². The molecule has 8 heteroatoms. The normalized spacial score (nSPS) is 15.5. The summed E-state index contributed by atoms with van der Waals surface area (Å²) >= 11 is 6.91. The molecular formula is C21H14ClNO5S. The van der Waals surface area contributed by atoms with E-state index in [-0.39, 0.29) is 6.54 Å². The van der Waals surface area contributed by atoms with Gasteiger partial charge in [-0.25, -0.2) is 4.79 Å². The number of rotatable bonds is 4. The Morgan fingerprint density at radius 2 is 1.86 bits per heavy atom. The van der Waals surface area contributed by atoms with E-state index in [1.807, 2.05) is 0 Å². The predicted octanol–water partition coefficient (Wildman–Crippen LogP) is 4.69. The van der Waals surface area contributed by atoms with Crippen molar-refractivity contribution in [2.75, 3.05) is 7.11 Å². The SMILES string of the molecule is COc1ccc(/C=C2\SC(=O)N(Cc3cc(=O)oc4ccc(Cl)cc34)C2=O)cc1. The molecule has 0 saturated carbocycles. The van der Waals surface area contributed by atoms with Crippen LogP contribution in [0, 0.1) is 0 Å². The lowest BCUT2D eigenvalue weighted by molar-refractivity contribution is -0.123. The number of ether oxygens (including phenoxy) is 1. The highest BCUT2D eigenvalue weighted by Gasteiger charge is 2.35. The molecule has 2 heterocycles. The van der Waals surface area contributed by atoms with Crippen LogP contribution >= 0.6 is 23.4 Å². The highest BCUT2D eigenvalue weighted by atomic mass is 35.5. The smallest absolute Gasteiger partial charge is 0.336 e. The average Bonchev–Trinajstić information content (AvgIpc) is 2.96. The van der Waals surface area contributed by atoms with Gasteiger partial charge in [0.05, 0.1) is 18.6 Å². The molecule has 0 unspecified atom stereocenters. The summed E-state index contributed by atoms with van der Waals surface area (Å²) in [5.74, 6) is 0.280. The molecule has 0 bridgehead atoms. The predicted molar refractivity (Wildman–Crippen MR) is 112 cm³/mol. The third-order valence-corrected chi connectivity index (χ3v) is 5.55. The molecule has 4 rings (SSSR count). The first-order valence-electron chi connectivity index (χ1n) is 8.56.